The molecule has 2 aromatic rings. The lowest BCUT2D eigenvalue weighted by Crippen LogP contribution is -2.36. The van der Waals surface area contributed by atoms with E-state index in [9.17, 15) is 14.9 Å². The topological polar surface area (TPSA) is 142 Å². The highest BCUT2D eigenvalue weighted by Crippen LogP contribution is 2.44. The highest BCUT2D eigenvalue weighted by molar-refractivity contribution is 6.42. The molecule has 52 heavy (non-hydrogen) atoms. The fourth-order valence-corrected chi connectivity index (χ4v) is 6.90. The van der Waals surface area contributed by atoms with Crippen molar-refractivity contribution in [3.8, 4) is 17.6 Å². The first-order chi connectivity index (χ1) is 23.6. The molecule has 3 unspecified atom stereocenters. The number of dihydropyridines is 1. The van der Waals surface area contributed by atoms with E-state index in [2.05, 4.69) is 30.1 Å². The summed E-state index contributed by atoms with van der Waals surface area (Å²) >= 11 is 13.1. The van der Waals surface area contributed by atoms with E-state index >= 15 is 0 Å². The second-order valence-corrected chi connectivity index (χ2v) is 14.4. The number of methoxy groups -OCH3 is 2. The molecule has 1 aliphatic heterocycles. The van der Waals surface area contributed by atoms with E-state index in [1.54, 1.807) is 46.3 Å². The number of carbonyl (C=O) groups excluding carboxylic acids is 2. The van der Waals surface area contributed by atoms with Gasteiger partial charge >= 0.3 is 11.9 Å². The summed E-state index contributed by atoms with van der Waals surface area (Å²) in [5.74, 6) is -0.610. The molecule has 0 radical (unpaired) electrons. The van der Waals surface area contributed by atoms with Crippen LogP contribution in [0.25, 0.3) is 0 Å². The molecule has 0 aromatic heterocycles. The fourth-order valence-electron chi connectivity index (χ4n) is 6.48. The Hall–Kier alpha value is -3.46. The van der Waals surface area contributed by atoms with Gasteiger partial charge in [0, 0.05) is 17.9 Å². The van der Waals surface area contributed by atoms with Gasteiger partial charge in [0.25, 0.3) is 0 Å². The summed E-state index contributed by atoms with van der Waals surface area (Å²) in [7, 11) is 5.13. The summed E-state index contributed by atoms with van der Waals surface area (Å²) in [5.41, 5.74) is 2.30. The lowest BCUT2D eigenvalue weighted by atomic mass is 9.69. The zero-order valence-electron chi connectivity index (χ0n) is 31.8. The molecular weight excluding hydrogens is 729 g/mol. The van der Waals surface area contributed by atoms with Gasteiger partial charge in [-0.2, -0.15) is 5.26 Å². The molecule has 13 heteroatoms. The molecule has 2 aromatic carbocycles. The van der Waals surface area contributed by atoms with Crippen molar-refractivity contribution in [3.05, 3.63) is 80.1 Å². The number of benzene rings is 2. The number of halogens is 3. The van der Waals surface area contributed by atoms with Crippen molar-refractivity contribution in [2.75, 3.05) is 41.0 Å². The summed E-state index contributed by atoms with van der Waals surface area (Å²) in [6.45, 7) is 14.7. The van der Waals surface area contributed by atoms with E-state index in [1.807, 2.05) is 46.0 Å². The van der Waals surface area contributed by atoms with Crippen LogP contribution in [0.15, 0.2) is 58.9 Å². The molecule has 1 heterocycles. The number of nitrogens with one attached hydrogen (secondary N) is 1. The van der Waals surface area contributed by atoms with Crippen molar-refractivity contribution in [2.45, 2.75) is 78.7 Å². The van der Waals surface area contributed by atoms with Crippen molar-refractivity contribution < 1.29 is 34.0 Å². The number of nitrogens with zero attached hydrogens (tertiary/aromatic N) is 2. The van der Waals surface area contributed by atoms with Crippen molar-refractivity contribution >= 4 is 47.5 Å². The third kappa shape index (κ3) is 10.8. The third-order valence-corrected chi connectivity index (χ3v) is 9.95. The Kier molecular flexibility index (Phi) is 18.5. The van der Waals surface area contributed by atoms with E-state index in [0.717, 1.165) is 12.0 Å². The molecule has 0 saturated carbocycles. The lowest BCUT2D eigenvalue weighted by molar-refractivity contribution is -0.144. The van der Waals surface area contributed by atoms with Crippen LogP contribution < -0.4 is 14.8 Å². The molecular formula is C39H54Cl3N3O7. The van der Waals surface area contributed by atoms with Crippen LogP contribution in [0.3, 0.4) is 0 Å². The van der Waals surface area contributed by atoms with Gasteiger partial charge in [-0.1, -0.05) is 69.1 Å². The first-order valence-electron chi connectivity index (χ1n) is 16.9. The zero-order chi connectivity index (χ0) is 37.3. The number of likely N-dealkylation sites (N-methyl/N-ethyl adjacent to an activating group) is 1. The maximum absolute atomic E-state index is 14.0. The van der Waals surface area contributed by atoms with Crippen LogP contribution in [0, 0.1) is 23.2 Å². The number of allylic oxidation sites excluding steroid dienone is 2. The van der Waals surface area contributed by atoms with E-state index in [4.69, 9.17) is 42.1 Å². The minimum Gasteiger partial charge on any atom is -0.493 e. The van der Waals surface area contributed by atoms with Crippen LogP contribution in [-0.2, 0) is 24.5 Å². The van der Waals surface area contributed by atoms with E-state index < -0.39 is 29.4 Å². The molecule has 0 bridgehead atoms. The predicted molar refractivity (Wildman–Crippen MR) is 208 cm³/mol. The predicted octanol–water partition coefficient (Wildman–Crippen LogP) is 7.80. The van der Waals surface area contributed by atoms with Crippen LogP contribution in [0.4, 0.5) is 0 Å². The SMILES string of the molecule is COc1ccc(C(C#N)(CCCN(C)CC(C)OC(=O)C2=C(C)NC(C)=C(C(=O)OCC(C)C)C2c2cccc(Cl)c2Cl)C(C)C)cc1OC.Cl.O. The lowest BCUT2D eigenvalue weighted by Gasteiger charge is -2.33. The van der Waals surface area contributed by atoms with Gasteiger partial charge in [-0.05, 0) is 88.4 Å². The summed E-state index contributed by atoms with van der Waals surface area (Å²) in [6, 6.07) is 13.4. The second-order valence-electron chi connectivity index (χ2n) is 13.7. The highest BCUT2D eigenvalue weighted by Gasteiger charge is 2.40. The van der Waals surface area contributed by atoms with E-state index in [1.165, 1.54) is 0 Å². The minimum atomic E-state index is -0.855. The number of esters is 2. The molecule has 0 amide bonds. The molecule has 3 rings (SSSR count). The van der Waals surface area contributed by atoms with Crippen molar-refractivity contribution in [1.29, 1.82) is 5.26 Å². The normalized spacial score (nSPS) is 15.9. The van der Waals surface area contributed by atoms with Crippen LogP contribution in [-0.4, -0.2) is 69.4 Å². The standard InChI is InChI=1S/C39H51Cl2N3O6.ClH.H2O/c1-23(2)21-49-37(45)33-26(6)43-27(7)34(35(33)29-13-11-14-30(40)36(29)41)38(46)50-25(5)20-44(8)18-12-17-39(22-42,24(3)4)28-15-16-31(47-9)32(19-28)48-10;;/h11,13-16,19,23-25,35,43H,12,17-18,20-21H2,1-10H3;1H;1H2. The fraction of sp³-hybridized carbons (Fsp3) is 0.513. The monoisotopic (exact) mass is 781 g/mol. The minimum absolute atomic E-state index is 0. The average Bonchev–Trinajstić information content (AvgIpc) is 3.05. The van der Waals surface area contributed by atoms with Gasteiger partial charge in [0.2, 0.25) is 0 Å². The van der Waals surface area contributed by atoms with Gasteiger partial charge in [0.1, 0.15) is 6.10 Å². The van der Waals surface area contributed by atoms with E-state index in [-0.39, 0.29) is 52.5 Å². The zero-order valence-corrected chi connectivity index (χ0v) is 34.1. The van der Waals surface area contributed by atoms with Crippen molar-refractivity contribution in [3.63, 3.8) is 0 Å². The van der Waals surface area contributed by atoms with Gasteiger partial charge in [0.15, 0.2) is 11.5 Å². The number of carbonyl (C=O) groups is 2. The van der Waals surface area contributed by atoms with Crippen LogP contribution in [0.5, 0.6) is 11.5 Å². The molecule has 0 saturated heterocycles. The molecule has 3 N–H and O–H groups in total. The number of nitriles is 1. The molecule has 3 atom stereocenters. The number of ether oxygens (including phenoxy) is 4. The molecule has 288 valence electrons. The van der Waals surface area contributed by atoms with Gasteiger partial charge in [0.05, 0.1) is 59.4 Å². The third-order valence-electron chi connectivity index (χ3n) is 9.11. The second kappa shape index (κ2) is 20.7. The van der Waals surface area contributed by atoms with Crippen molar-refractivity contribution in [1.82, 2.24) is 10.2 Å². The van der Waals surface area contributed by atoms with Gasteiger partial charge in [-0.15, -0.1) is 12.4 Å². The van der Waals surface area contributed by atoms with E-state index in [0.29, 0.717) is 53.0 Å². The molecule has 0 fully saturated rings. The van der Waals surface area contributed by atoms with Crippen molar-refractivity contribution in [2.24, 2.45) is 11.8 Å². The van der Waals surface area contributed by atoms with Crippen LogP contribution >= 0.6 is 35.6 Å². The Morgan fingerprint density at radius 2 is 1.60 bits per heavy atom. The summed E-state index contributed by atoms with van der Waals surface area (Å²) in [4.78, 5) is 29.6. The molecule has 0 aliphatic carbocycles. The Morgan fingerprint density at radius 3 is 2.15 bits per heavy atom. The van der Waals surface area contributed by atoms with Gasteiger partial charge < -0.3 is 34.6 Å². The number of hydrogen-bond acceptors (Lipinski definition) is 9. The maximum atomic E-state index is 14.0. The van der Waals surface area contributed by atoms with Crippen LogP contribution in [0.1, 0.15) is 78.4 Å². The number of rotatable bonds is 16. The quantitative estimate of drug-likeness (QED) is 0.169. The Bertz CT molecular complexity index is 1650. The smallest absolute Gasteiger partial charge is 0.337 e. The molecule has 10 nitrogen and oxygen atoms in total. The first kappa shape index (κ1) is 46.6. The molecule has 0 spiro atoms. The Labute approximate surface area is 325 Å². The Morgan fingerprint density at radius 1 is 0.981 bits per heavy atom. The first-order valence-corrected chi connectivity index (χ1v) is 17.7. The van der Waals surface area contributed by atoms with Gasteiger partial charge in [-0.3, -0.25) is 0 Å². The van der Waals surface area contributed by atoms with Crippen LogP contribution in [0.2, 0.25) is 10.0 Å². The largest absolute Gasteiger partial charge is 0.493 e. The number of hydrogen-bond donors (Lipinski definition) is 1. The average molecular weight is 783 g/mol. The van der Waals surface area contributed by atoms with Gasteiger partial charge in [-0.25, -0.2) is 9.59 Å². The Balaban J connectivity index is 0.00000676. The summed E-state index contributed by atoms with van der Waals surface area (Å²) in [5, 5.41) is 14.2. The summed E-state index contributed by atoms with van der Waals surface area (Å²) < 4.78 is 22.6. The highest BCUT2D eigenvalue weighted by atomic mass is 35.5. The maximum Gasteiger partial charge on any atom is 0.337 e. The molecule has 1 aliphatic rings. The summed E-state index contributed by atoms with van der Waals surface area (Å²) in [6.07, 6.45) is 0.853.